The number of hydrogen-bond donors (Lipinski definition) is 2. The standard InChI is InChI=1S/C28H31ClN4OS2/c1-18(2)33-16-13-20-24(17-33)36-28(26(20)27-31-22-9-5-6-10-23(22)35-27)32-25(34)12-15-30-14-11-19-7-3-4-8-21(19)29/h3-10,18,30H,11-17H2,1-2H3,(H,32,34). The van der Waals surface area contributed by atoms with E-state index in [2.05, 4.69) is 47.6 Å². The highest BCUT2D eigenvalue weighted by atomic mass is 35.5. The molecule has 4 aromatic rings. The smallest absolute Gasteiger partial charge is 0.226 e. The summed E-state index contributed by atoms with van der Waals surface area (Å²) < 4.78 is 1.17. The lowest BCUT2D eigenvalue weighted by atomic mass is 10.0. The molecule has 1 amide bonds. The Balaban J connectivity index is 1.28. The fraction of sp³-hybridized carbons (Fsp3) is 0.357. The van der Waals surface area contributed by atoms with Crippen LogP contribution in [0.2, 0.25) is 5.02 Å². The number of rotatable bonds is 9. The monoisotopic (exact) mass is 538 g/mol. The first-order valence-corrected chi connectivity index (χ1v) is 14.5. The number of amides is 1. The molecule has 36 heavy (non-hydrogen) atoms. The lowest BCUT2D eigenvalue weighted by Crippen LogP contribution is -2.35. The number of thiophene rings is 1. The number of nitrogens with zero attached hydrogens (tertiary/aromatic N) is 2. The zero-order valence-corrected chi connectivity index (χ0v) is 23.0. The summed E-state index contributed by atoms with van der Waals surface area (Å²) in [5.41, 5.74) is 4.61. The van der Waals surface area contributed by atoms with Crippen molar-refractivity contribution in [2.24, 2.45) is 0 Å². The van der Waals surface area contributed by atoms with E-state index in [4.69, 9.17) is 16.6 Å². The van der Waals surface area contributed by atoms with Crippen LogP contribution in [-0.2, 0) is 24.2 Å². The van der Waals surface area contributed by atoms with Crippen molar-refractivity contribution in [3.05, 3.63) is 69.6 Å². The van der Waals surface area contributed by atoms with Crippen LogP contribution < -0.4 is 10.6 Å². The maximum Gasteiger partial charge on any atom is 0.226 e. The lowest BCUT2D eigenvalue weighted by Gasteiger charge is -2.30. The molecule has 0 aliphatic carbocycles. The van der Waals surface area contributed by atoms with Gasteiger partial charge in [0.15, 0.2) is 0 Å². The highest BCUT2D eigenvalue weighted by molar-refractivity contribution is 7.22. The van der Waals surface area contributed by atoms with Crippen molar-refractivity contribution >= 4 is 55.4 Å². The molecule has 0 bridgehead atoms. The molecule has 188 valence electrons. The van der Waals surface area contributed by atoms with Gasteiger partial charge in [0.05, 0.1) is 10.2 Å². The third-order valence-electron chi connectivity index (χ3n) is 6.64. The Morgan fingerprint density at radius 1 is 1.11 bits per heavy atom. The van der Waals surface area contributed by atoms with Crippen LogP contribution in [0.15, 0.2) is 48.5 Å². The second kappa shape index (κ2) is 11.4. The number of fused-ring (bicyclic) bond motifs is 2. The maximum atomic E-state index is 12.9. The molecular formula is C28H31ClN4OS2. The van der Waals surface area contributed by atoms with E-state index in [0.29, 0.717) is 19.0 Å². The van der Waals surface area contributed by atoms with Crippen molar-refractivity contribution < 1.29 is 4.79 Å². The molecule has 1 aliphatic rings. The minimum atomic E-state index is 0.0296. The van der Waals surface area contributed by atoms with Gasteiger partial charge < -0.3 is 10.6 Å². The van der Waals surface area contributed by atoms with Gasteiger partial charge in [-0.05, 0) is 62.6 Å². The number of hydrogen-bond acceptors (Lipinski definition) is 6. The molecule has 0 fully saturated rings. The van der Waals surface area contributed by atoms with Gasteiger partial charge in [-0.25, -0.2) is 4.98 Å². The van der Waals surface area contributed by atoms with Crippen molar-refractivity contribution in [1.29, 1.82) is 0 Å². The Morgan fingerprint density at radius 3 is 2.72 bits per heavy atom. The summed E-state index contributed by atoms with van der Waals surface area (Å²) in [4.78, 5) is 21.7. The predicted molar refractivity (Wildman–Crippen MR) is 153 cm³/mol. The third kappa shape index (κ3) is 5.66. The second-order valence-electron chi connectivity index (χ2n) is 9.40. The molecule has 2 aromatic carbocycles. The first-order chi connectivity index (χ1) is 17.5. The number of para-hydroxylation sites is 1. The van der Waals surface area contributed by atoms with Crippen LogP contribution in [0.4, 0.5) is 5.00 Å². The molecule has 1 aliphatic heterocycles. The van der Waals surface area contributed by atoms with E-state index in [1.54, 1.807) is 22.7 Å². The fourth-order valence-electron chi connectivity index (χ4n) is 4.60. The van der Waals surface area contributed by atoms with Gasteiger partial charge in [0, 0.05) is 47.6 Å². The topological polar surface area (TPSA) is 57.3 Å². The van der Waals surface area contributed by atoms with Gasteiger partial charge in [-0.3, -0.25) is 9.69 Å². The van der Waals surface area contributed by atoms with Crippen LogP contribution in [0.25, 0.3) is 20.8 Å². The van der Waals surface area contributed by atoms with Crippen LogP contribution >= 0.6 is 34.3 Å². The Hall–Kier alpha value is -2.29. The number of thiazole rings is 1. The van der Waals surface area contributed by atoms with Crippen LogP contribution in [0.3, 0.4) is 0 Å². The minimum Gasteiger partial charge on any atom is -0.317 e. The number of anilines is 1. The van der Waals surface area contributed by atoms with Crippen LogP contribution in [0.5, 0.6) is 0 Å². The highest BCUT2D eigenvalue weighted by Crippen LogP contribution is 2.45. The molecule has 5 rings (SSSR count). The van der Waals surface area contributed by atoms with Gasteiger partial charge in [-0.1, -0.05) is 41.9 Å². The van der Waals surface area contributed by atoms with Crippen molar-refractivity contribution in [2.75, 3.05) is 25.0 Å². The molecule has 0 saturated heterocycles. The van der Waals surface area contributed by atoms with Gasteiger partial charge >= 0.3 is 0 Å². The molecule has 2 aromatic heterocycles. The first-order valence-electron chi connectivity index (χ1n) is 12.5. The molecule has 8 heteroatoms. The number of carbonyl (C=O) groups excluding carboxylic acids is 1. The molecule has 0 saturated carbocycles. The maximum absolute atomic E-state index is 12.9. The van der Waals surface area contributed by atoms with E-state index >= 15 is 0 Å². The van der Waals surface area contributed by atoms with Gasteiger partial charge in [-0.15, -0.1) is 22.7 Å². The summed E-state index contributed by atoms with van der Waals surface area (Å²) in [6.07, 6.45) is 2.24. The molecule has 0 radical (unpaired) electrons. The summed E-state index contributed by atoms with van der Waals surface area (Å²) >= 11 is 9.66. The number of nitrogens with one attached hydrogen (secondary N) is 2. The second-order valence-corrected chi connectivity index (χ2v) is 11.9. The zero-order chi connectivity index (χ0) is 25.1. The molecule has 0 atom stereocenters. The normalized spacial score (nSPS) is 13.9. The average Bonchev–Trinajstić information content (AvgIpc) is 3.44. The van der Waals surface area contributed by atoms with Crippen molar-refractivity contribution in [2.45, 2.75) is 45.7 Å². The Bertz CT molecular complexity index is 1330. The molecular weight excluding hydrogens is 508 g/mol. The summed E-state index contributed by atoms with van der Waals surface area (Å²) in [6, 6.07) is 16.6. The minimum absolute atomic E-state index is 0.0296. The Kier molecular flexibility index (Phi) is 8.03. The molecule has 0 spiro atoms. The number of benzene rings is 2. The number of halogens is 1. The van der Waals surface area contributed by atoms with Crippen molar-refractivity contribution in [3.63, 3.8) is 0 Å². The summed E-state index contributed by atoms with van der Waals surface area (Å²) in [6.45, 7) is 7.85. The molecule has 3 heterocycles. The van der Waals surface area contributed by atoms with Crippen LogP contribution in [0.1, 0.15) is 36.3 Å². The van der Waals surface area contributed by atoms with E-state index in [1.165, 1.54) is 15.1 Å². The van der Waals surface area contributed by atoms with Crippen molar-refractivity contribution in [3.8, 4) is 10.6 Å². The van der Waals surface area contributed by atoms with Gasteiger partial charge in [0.1, 0.15) is 10.0 Å². The van der Waals surface area contributed by atoms with E-state index in [9.17, 15) is 4.79 Å². The molecule has 0 unspecified atom stereocenters. The summed E-state index contributed by atoms with van der Waals surface area (Å²) in [7, 11) is 0. The predicted octanol–water partition coefficient (Wildman–Crippen LogP) is 6.61. The van der Waals surface area contributed by atoms with Gasteiger partial charge in [0.2, 0.25) is 5.91 Å². The Labute approximate surface area is 225 Å². The zero-order valence-electron chi connectivity index (χ0n) is 20.6. The SMILES string of the molecule is CC(C)N1CCc2c(sc(NC(=O)CCNCCc3ccccc3Cl)c2-c2nc3ccccc3s2)C1. The highest BCUT2D eigenvalue weighted by Gasteiger charge is 2.28. The van der Waals surface area contributed by atoms with Crippen LogP contribution in [-0.4, -0.2) is 41.5 Å². The largest absolute Gasteiger partial charge is 0.317 e. The van der Waals surface area contributed by atoms with E-state index in [-0.39, 0.29) is 5.91 Å². The third-order valence-corrected chi connectivity index (χ3v) is 9.19. The Morgan fingerprint density at radius 2 is 1.92 bits per heavy atom. The summed E-state index contributed by atoms with van der Waals surface area (Å²) in [5, 5.41) is 9.34. The van der Waals surface area contributed by atoms with E-state index in [1.807, 2.05) is 30.3 Å². The quantitative estimate of drug-likeness (QED) is 0.235. The molecule has 5 nitrogen and oxygen atoms in total. The first kappa shape index (κ1) is 25.4. The number of aromatic nitrogens is 1. The fourth-order valence-corrected chi connectivity index (χ4v) is 7.23. The average molecular weight is 539 g/mol. The van der Waals surface area contributed by atoms with Gasteiger partial charge in [0.25, 0.3) is 0 Å². The summed E-state index contributed by atoms with van der Waals surface area (Å²) in [5.74, 6) is 0.0296. The molecule has 2 N–H and O–H groups in total. The van der Waals surface area contributed by atoms with E-state index < -0.39 is 0 Å². The van der Waals surface area contributed by atoms with Crippen LogP contribution in [0, 0.1) is 0 Å². The lowest BCUT2D eigenvalue weighted by molar-refractivity contribution is -0.116. The van der Waals surface area contributed by atoms with E-state index in [0.717, 1.165) is 64.2 Å². The number of carbonyl (C=O) groups is 1. The van der Waals surface area contributed by atoms with Gasteiger partial charge in [-0.2, -0.15) is 0 Å². The van der Waals surface area contributed by atoms with Crippen molar-refractivity contribution in [1.82, 2.24) is 15.2 Å².